The number of unbranched alkanes of at least 4 members (excludes halogenated alkanes) is 3. The first-order chi connectivity index (χ1) is 10.5. The molecular formula is C16H28N2O3S. The number of carbonyl (C=O) groups is 1. The van der Waals surface area contributed by atoms with Gasteiger partial charge in [-0.15, -0.1) is 0 Å². The molecule has 0 aromatic carbocycles. The summed E-state index contributed by atoms with van der Waals surface area (Å²) >= 11 is 0. The quantitative estimate of drug-likeness (QED) is 0.550. The molecule has 1 aliphatic heterocycles. The van der Waals surface area contributed by atoms with E-state index in [1.807, 2.05) is 0 Å². The van der Waals surface area contributed by atoms with Gasteiger partial charge in [0.25, 0.3) is 0 Å². The highest BCUT2D eigenvalue weighted by molar-refractivity contribution is 7.87. The van der Waals surface area contributed by atoms with Crippen molar-refractivity contribution in [2.24, 2.45) is 11.8 Å². The Morgan fingerprint density at radius 1 is 1.23 bits per heavy atom. The zero-order valence-corrected chi connectivity index (χ0v) is 14.3. The molecule has 1 N–H and O–H groups in total. The first-order valence-corrected chi connectivity index (χ1v) is 9.97. The fourth-order valence-electron chi connectivity index (χ4n) is 2.88. The summed E-state index contributed by atoms with van der Waals surface area (Å²) in [5, 5.41) is 0. The van der Waals surface area contributed by atoms with Gasteiger partial charge in [0.05, 0.1) is 0 Å². The first-order valence-electron chi connectivity index (χ1n) is 8.53. The summed E-state index contributed by atoms with van der Waals surface area (Å²) in [5.74, 6) is -0.283. The Hall–Kier alpha value is -0.880. The summed E-state index contributed by atoms with van der Waals surface area (Å²) in [6.07, 6.45) is 12.5. The fraction of sp³-hybridized carbons (Fsp3) is 0.812. The Morgan fingerprint density at radius 2 is 1.95 bits per heavy atom. The molecule has 6 heteroatoms. The second-order valence-corrected chi connectivity index (χ2v) is 8.03. The van der Waals surface area contributed by atoms with Gasteiger partial charge in [-0.2, -0.15) is 12.7 Å². The number of hydrogen-bond acceptors (Lipinski definition) is 3. The van der Waals surface area contributed by atoms with Crippen LogP contribution in [0.25, 0.3) is 0 Å². The molecule has 126 valence electrons. The predicted octanol–water partition coefficient (Wildman–Crippen LogP) is 2.61. The van der Waals surface area contributed by atoms with E-state index in [4.69, 9.17) is 0 Å². The Morgan fingerprint density at radius 3 is 2.64 bits per heavy atom. The number of nitrogens with one attached hydrogen (secondary N) is 1. The molecule has 0 aromatic rings. The van der Waals surface area contributed by atoms with Crippen LogP contribution in [-0.4, -0.2) is 31.7 Å². The van der Waals surface area contributed by atoms with Crippen LogP contribution in [0.5, 0.6) is 0 Å². The van der Waals surface area contributed by atoms with E-state index in [-0.39, 0.29) is 17.7 Å². The number of piperidine rings is 1. The molecule has 2 aliphatic rings. The van der Waals surface area contributed by atoms with Crippen LogP contribution < -0.4 is 4.72 Å². The highest BCUT2D eigenvalue weighted by atomic mass is 32.2. The largest absolute Gasteiger partial charge is 0.303 e. The number of allylic oxidation sites excluding steroid dienone is 2. The first kappa shape index (κ1) is 17.5. The predicted molar refractivity (Wildman–Crippen MR) is 87.4 cm³/mol. The third kappa shape index (κ3) is 5.09. The standard InChI is InChI=1S/C16H28N2O3S/c1-2-3-4-5-7-10-14-13-15(14)16(19)17-22(20,21)18-11-8-6-9-12-18/h7,10,14-15H,2-6,8-9,11-13H2,1H3,(H,17,19)/b10-7-/t14?,15-/m0/s1. The van der Waals surface area contributed by atoms with E-state index in [9.17, 15) is 13.2 Å². The molecule has 0 spiro atoms. The number of carbonyl (C=O) groups excluding carboxylic acids is 1. The lowest BCUT2D eigenvalue weighted by Gasteiger charge is -2.25. The molecule has 1 unspecified atom stereocenters. The summed E-state index contributed by atoms with van der Waals surface area (Å²) in [4.78, 5) is 12.1. The molecule has 1 aliphatic carbocycles. The summed E-state index contributed by atoms with van der Waals surface area (Å²) in [6, 6.07) is 0. The van der Waals surface area contributed by atoms with Crippen molar-refractivity contribution in [3.05, 3.63) is 12.2 Å². The highest BCUT2D eigenvalue weighted by Crippen LogP contribution is 2.40. The summed E-state index contributed by atoms with van der Waals surface area (Å²) in [5.41, 5.74) is 0. The maximum Gasteiger partial charge on any atom is 0.303 e. The molecule has 1 saturated carbocycles. The van der Waals surface area contributed by atoms with E-state index >= 15 is 0 Å². The van der Waals surface area contributed by atoms with Crippen LogP contribution in [0.2, 0.25) is 0 Å². The van der Waals surface area contributed by atoms with E-state index in [0.29, 0.717) is 13.1 Å². The average molecular weight is 328 g/mol. The van der Waals surface area contributed by atoms with E-state index < -0.39 is 10.2 Å². The minimum absolute atomic E-state index is 0.165. The Labute approximate surface area is 134 Å². The molecule has 0 aromatic heterocycles. The number of amides is 1. The molecule has 5 nitrogen and oxygen atoms in total. The van der Waals surface area contributed by atoms with Crippen molar-refractivity contribution < 1.29 is 13.2 Å². The molecule has 1 heterocycles. The van der Waals surface area contributed by atoms with Gasteiger partial charge in [-0.1, -0.05) is 38.3 Å². The number of nitrogens with zero attached hydrogens (tertiary/aromatic N) is 1. The summed E-state index contributed by atoms with van der Waals surface area (Å²) in [6.45, 7) is 3.22. The van der Waals surface area contributed by atoms with Crippen LogP contribution >= 0.6 is 0 Å². The zero-order valence-electron chi connectivity index (χ0n) is 13.5. The van der Waals surface area contributed by atoms with Gasteiger partial charge in [0, 0.05) is 19.0 Å². The molecule has 2 rings (SSSR count). The van der Waals surface area contributed by atoms with Gasteiger partial charge in [-0.25, -0.2) is 4.72 Å². The van der Waals surface area contributed by atoms with Crippen LogP contribution in [0, 0.1) is 11.8 Å². The lowest BCUT2D eigenvalue weighted by molar-refractivity contribution is -0.120. The van der Waals surface area contributed by atoms with E-state index in [2.05, 4.69) is 23.8 Å². The van der Waals surface area contributed by atoms with Gasteiger partial charge in [-0.3, -0.25) is 4.79 Å². The van der Waals surface area contributed by atoms with Crippen LogP contribution in [-0.2, 0) is 15.0 Å². The molecule has 0 radical (unpaired) electrons. The monoisotopic (exact) mass is 328 g/mol. The average Bonchev–Trinajstić information content (AvgIpc) is 3.27. The topological polar surface area (TPSA) is 66.5 Å². The van der Waals surface area contributed by atoms with Gasteiger partial charge >= 0.3 is 10.2 Å². The minimum Gasteiger partial charge on any atom is -0.274 e. The van der Waals surface area contributed by atoms with E-state index in [0.717, 1.165) is 32.1 Å². The normalized spacial score (nSPS) is 26.2. The minimum atomic E-state index is -3.63. The number of rotatable bonds is 8. The van der Waals surface area contributed by atoms with Crippen molar-refractivity contribution in [2.75, 3.05) is 13.1 Å². The van der Waals surface area contributed by atoms with Gasteiger partial charge < -0.3 is 0 Å². The maximum absolute atomic E-state index is 12.1. The van der Waals surface area contributed by atoms with Crippen molar-refractivity contribution in [1.82, 2.24) is 9.03 Å². The lowest BCUT2D eigenvalue weighted by Crippen LogP contribution is -2.46. The molecule has 0 bridgehead atoms. The Balaban J connectivity index is 1.74. The van der Waals surface area contributed by atoms with E-state index in [1.54, 1.807) is 0 Å². The van der Waals surface area contributed by atoms with Crippen molar-refractivity contribution in [2.45, 2.75) is 58.3 Å². The van der Waals surface area contributed by atoms with Gasteiger partial charge in [0.15, 0.2) is 0 Å². The van der Waals surface area contributed by atoms with Crippen molar-refractivity contribution in [1.29, 1.82) is 0 Å². The molecule has 2 atom stereocenters. The molecule has 1 amide bonds. The van der Waals surface area contributed by atoms with Gasteiger partial charge in [-0.05, 0) is 38.0 Å². The molecule has 2 fully saturated rings. The van der Waals surface area contributed by atoms with Crippen LogP contribution in [0.15, 0.2) is 12.2 Å². The third-order valence-corrected chi connectivity index (χ3v) is 5.92. The second kappa shape index (κ2) is 8.11. The number of hydrogen-bond donors (Lipinski definition) is 1. The van der Waals surface area contributed by atoms with Crippen molar-refractivity contribution in [3.63, 3.8) is 0 Å². The third-order valence-electron chi connectivity index (χ3n) is 4.42. The molecular weight excluding hydrogens is 300 g/mol. The fourth-order valence-corrected chi connectivity index (χ4v) is 4.16. The van der Waals surface area contributed by atoms with Gasteiger partial charge in [0.1, 0.15) is 0 Å². The maximum atomic E-state index is 12.1. The second-order valence-electron chi connectivity index (χ2n) is 6.36. The Kier molecular flexibility index (Phi) is 6.44. The van der Waals surface area contributed by atoms with Crippen LogP contribution in [0.1, 0.15) is 58.3 Å². The lowest BCUT2D eigenvalue weighted by atomic mass is 10.2. The van der Waals surface area contributed by atoms with Crippen LogP contribution in [0.4, 0.5) is 0 Å². The zero-order chi connectivity index (χ0) is 16.0. The van der Waals surface area contributed by atoms with Crippen molar-refractivity contribution >= 4 is 16.1 Å². The Bertz CT molecular complexity index is 496. The smallest absolute Gasteiger partial charge is 0.274 e. The summed E-state index contributed by atoms with van der Waals surface area (Å²) in [7, 11) is -3.63. The van der Waals surface area contributed by atoms with Gasteiger partial charge in [0.2, 0.25) is 5.91 Å². The summed E-state index contributed by atoms with van der Waals surface area (Å²) < 4.78 is 27.9. The SMILES string of the molecule is CCCCC/C=C\C1C[C@@H]1C(=O)NS(=O)(=O)N1CCCCC1. The molecule has 1 saturated heterocycles. The highest BCUT2D eigenvalue weighted by Gasteiger charge is 2.43. The van der Waals surface area contributed by atoms with E-state index in [1.165, 1.54) is 23.6 Å². The van der Waals surface area contributed by atoms with Crippen molar-refractivity contribution in [3.8, 4) is 0 Å². The van der Waals surface area contributed by atoms with Crippen LogP contribution in [0.3, 0.4) is 0 Å². The molecule has 22 heavy (non-hydrogen) atoms.